The predicted octanol–water partition coefficient (Wildman–Crippen LogP) is 5.45. The number of anilines is 1. The van der Waals surface area contributed by atoms with Crippen LogP contribution in [0.25, 0.3) is 32.8 Å². The number of phenolic OH excluding ortho intramolecular Hbond substituents is 1. The van der Waals surface area contributed by atoms with E-state index in [0.29, 0.717) is 73.2 Å². The Morgan fingerprint density at radius 2 is 1.94 bits per heavy atom. The molecule has 1 N–H and O–H groups in total. The first kappa shape index (κ1) is 30.4. The van der Waals surface area contributed by atoms with E-state index in [1.165, 1.54) is 24.3 Å². The Labute approximate surface area is 272 Å². The lowest BCUT2D eigenvalue weighted by Crippen LogP contribution is -2.46. The molecular formula is C35H33F3N4O4S. The van der Waals surface area contributed by atoms with Gasteiger partial charge in [0.2, 0.25) is 0 Å². The van der Waals surface area contributed by atoms with Gasteiger partial charge in [0.05, 0.1) is 28.5 Å². The van der Waals surface area contributed by atoms with Crippen molar-refractivity contribution in [1.29, 1.82) is 0 Å². The second kappa shape index (κ2) is 11.4. The maximum atomic E-state index is 16.9. The summed E-state index contributed by atoms with van der Waals surface area (Å²) in [4.78, 5) is 12.8. The van der Waals surface area contributed by atoms with Crippen molar-refractivity contribution in [3.63, 3.8) is 0 Å². The first-order valence-corrected chi connectivity index (χ1v) is 17.2. The van der Waals surface area contributed by atoms with Gasteiger partial charge in [-0.1, -0.05) is 18.1 Å². The van der Waals surface area contributed by atoms with E-state index in [1.54, 1.807) is 12.1 Å². The minimum atomic E-state index is -1.09. The minimum Gasteiger partial charge on any atom is -0.508 e. The van der Waals surface area contributed by atoms with Crippen LogP contribution in [-0.4, -0.2) is 86.0 Å². The summed E-state index contributed by atoms with van der Waals surface area (Å²) < 4.78 is 71.1. The predicted molar refractivity (Wildman–Crippen MR) is 174 cm³/mol. The molecule has 12 heteroatoms. The van der Waals surface area contributed by atoms with E-state index in [4.69, 9.17) is 20.9 Å². The molecule has 3 aromatic carbocycles. The first-order valence-electron chi connectivity index (χ1n) is 15.9. The monoisotopic (exact) mass is 662 g/mol. The Kier molecular flexibility index (Phi) is 7.35. The van der Waals surface area contributed by atoms with Gasteiger partial charge in [0.25, 0.3) is 0 Å². The minimum absolute atomic E-state index is 0.0193. The second-order valence-corrected chi connectivity index (χ2v) is 14.8. The number of piperidine rings is 1. The Morgan fingerprint density at radius 1 is 1.11 bits per heavy atom. The zero-order chi connectivity index (χ0) is 32.5. The molecule has 4 saturated heterocycles. The molecule has 0 amide bonds. The standard InChI is InChI=1S/C35H33F3N4O4S/c1-2-24-28(37)7-4-21-16-23(43)17-27(29(21)24)25-5-6-26-31(30(25)38)39-33(45-20-34-8-3-11-42(34)19-22(36)18-34)40-32(26)41-12-9-35(10-13-41)46-14-15-47(35)44/h1,4-7,16-17,22,43H,3,8-15,18-20H2/t22-,34+,47?/m1/s1. The summed E-state index contributed by atoms with van der Waals surface area (Å²) in [6, 6.07) is 8.74. The molecule has 8 nitrogen and oxygen atoms in total. The molecule has 1 unspecified atom stereocenters. The molecular weight excluding hydrogens is 629 g/mol. The summed E-state index contributed by atoms with van der Waals surface area (Å²) in [5.41, 5.74) is -0.234. The third kappa shape index (κ3) is 4.93. The van der Waals surface area contributed by atoms with Crippen molar-refractivity contribution in [2.75, 3.05) is 50.0 Å². The van der Waals surface area contributed by atoms with Gasteiger partial charge in [-0.2, -0.15) is 9.97 Å². The number of aromatic nitrogens is 2. The molecule has 0 bridgehead atoms. The van der Waals surface area contributed by atoms with Crippen molar-refractivity contribution in [3.8, 4) is 35.2 Å². The molecule has 4 aliphatic heterocycles. The highest BCUT2D eigenvalue weighted by atomic mass is 32.2. The maximum Gasteiger partial charge on any atom is 0.319 e. The maximum absolute atomic E-state index is 16.9. The van der Waals surface area contributed by atoms with Crippen molar-refractivity contribution < 1.29 is 32.0 Å². The van der Waals surface area contributed by atoms with Gasteiger partial charge >= 0.3 is 6.01 Å². The number of nitrogens with zero attached hydrogens (tertiary/aromatic N) is 4. The van der Waals surface area contributed by atoms with Crippen LogP contribution in [0.5, 0.6) is 11.8 Å². The number of benzene rings is 3. The molecule has 4 aliphatic rings. The molecule has 244 valence electrons. The van der Waals surface area contributed by atoms with Crippen LogP contribution in [0.15, 0.2) is 36.4 Å². The van der Waals surface area contributed by atoms with Gasteiger partial charge in [-0.3, -0.25) is 9.11 Å². The number of halogens is 3. The highest BCUT2D eigenvalue weighted by molar-refractivity contribution is 7.86. The van der Waals surface area contributed by atoms with Gasteiger partial charge in [-0.25, -0.2) is 13.2 Å². The van der Waals surface area contributed by atoms with E-state index in [9.17, 15) is 18.1 Å². The number of aromatic hydroxyl groups is 1. The lowest BCUT2D eigenvalue weighted by atomic mass is 9.93. The van der Waals surface area contributed by atoms with Crippen LogP contribution in [0.4, 0.5) is 19.0 Å². The Balaban J connectivity index is 1.25. The van der Waals surface area contributed by atoms with Crippen molar-refractivity contribution in [1.82, 2.24) is 14.9 Å². The molecule has 4 aromatic rings. The third-order valence-electron chi connectivity index (χ3n) is 10.4. The SMILES string of the molecule is C#Cc1c(F)ccc2cc(O)cc(-c3ccc4c(N5CCC6(CC5)OCCS6=O)nc(OC[C@@]56CCCN5C[C@H](F)C6)nc4c3F)c12. The molecule has 1 aromatic heterocycles. The van der Waals surface area contributed by atoms with Crippen LogP contribution >= 0.6 is 0 Å². The van der Waals surface area contributed by atoms with Crippen LogP contribution in [0.1, 0.15) is 37.7 Å². The van der Waals surface area contributed by atoms with Crippen molar-refractivity contribution in [2.24, 2.45) is 0 Å². The molecule has 0 saturated carbocycles. The quantitative estimate of drug-likeness (QED) is 0.283. The number of alkyl halides is 1. The average molecular weight is 663 g/mol. The zero-order valence-electron chi connectivity index (χ0n) is 25.6. The lowest BCUT2D eigenvalue weighted by molar-refractivity contribution is 0.0309. The lowest BCUT2D eigenvalue weighted by Gasteiger charge is -2.38. The van der Waals surface area contributed by atoms with Crippen LogP contribution < -0.4 is 9.64 Å². The molecule has 0 aliphatic carbocycles. The van der Waals surface area contributed by atoms with Crippen LogP contribution in [0, 0.1) is 24.0 Å². The fourth-order valence-corrected chi connectivity index (χ4v) is 9.51. The number of phenols is 1. The molecule has 47 heavy (non-hydrogen) atoms. The largest absolute Gasteiger partial charge is 0.508 e. The fraction of sp³-hybridized carbons (Fsp3) is 0.429. The van der Waals surface area contributed by atoms with E-state index >= 15 is 4.39 Å². The molecule has 1 spiro atoms. The number of rotatable bonds is 5. The topological polar surface area (TPSA) is 88.0 Å². The van der Waals surface area contributed by atoms with E-state index in [1.807, 2.05) is 4.90 Å². The molecule has 4 fully saturated rings. The molecule has 5 heterocycles. The number of terminal acetylenes is 1. The van der Waals surface area contributed by atoms with Gasteiger partial charge in [0.1, 0.15) is 40.6 Å². The van der Waals surface area contributed by atoms with Crippen molar-refractivity contribution in [2.45, 2.75) is 48.7 Å². The highest BCUT2D eigenvalue weighted by Gasteiger charge is 2.49. The Morgan fingerprint density at radius 3 is 2.70 bits per heavy atom. The van der Waals surface area contributed by atoms with E-state index in [0.717, 1.165) is 19.4 Å². The zero-order valence-corrected chi connectivity index (χ0v) is 26.4. The summed E-state index contributed by atoms with van der Waals surface area (Å²) in [5, 5.41) is 11.7. The van der Waals surface area contributed by atoms with E-state index in [-0.39, 0.29) is 40.6 Å². The fourth-order valence-electron chi connectivity index (χ4n) is 8.05. The van der Waals surface area contributed by atoms with Crippen molar-refractivity contribution >= 4 is 38.3 Å². The molecule has 3 atom stereocenters. The summed E-state index contributed by atoms with van der Waals surface area (Å²) >= 11 is 0. The van der Waals surface area contributed by atoms with Gasteiger partial charge in [0, 0.05) is 61.0 Å². The third-order valence-corrected chi connectivity index (χ3v) is 12.3. The smallest absolute Gasteiger partial charge is 0.319 e. The summed E-state index contributed by atoms with van der Waals surface area (Å²) in [7, 11) is -1.09. The first-order chi connectivity index (χ1) is 22.7. The van der Waals surface area contributed by atoms with Crippen molar-refractivity contribution in [3.05, 3.63) is 53.6 Å². The number of hydrogen-bond donors (Lipinski definition) is 1. The van der Waals surface area contributed by atoms with Crippen LogP contribution in [0.2, 0.25) is 0 Å². The van der Waals surface area contributed by atoms with Gasteiger partial charge in [-0.05, 0) is 54.6 Å². The normalized spacial score (nSPS) is 25.5. The van der Waals surface area contributed by atoms with Crippen LogP contribution in [0.3, 0.4) is 0 Å². The Hall–Kier alpha value is -3.92. The number of hydrogen-bond acceptors (Lipinski definition) is 8. The van der Waals surface area contributed by atoms with E-state index < -0.39 is 39.1 Å². The van der Waals surface area contributed by atoms with E-state index in [2.05, 4.69) is 15.8 Å². The van der Waals surface area contributed by atoms with Gasteiger partial charge in [-0.15, -0.1) is 6.42 Å². The second-order valence-electron chi connectivity index (χ2n) is 13.0. The molecule has 0 radical (unpaired) electrons. The molecule has 8 rings (SSSR count). The summed E-state index contributed by atoms with van der Waals surface area (Å²) in [5.74, 6) is 1.87. The number of ether oxygens (including phenoxy) is 2. The Bertz CT molecular complexity index is 2000. The van der Waals surface area contributed by atoms with Gasteiger partial charge < -0.3 is 19.5 Å². The average Bonchev–Trinajstić information content (AvgIpc) is 3.71. The van der Waals surface area contributed by atoms with Gasteiger partial charge in [0.15, 0.2) is 5.82 Å². The van der Waals surface area contributed by atoms with Crippen LogP contribution in [-0.2, 0) is 15.5 Å². The summed E-state index contributed by atoms with van der Waals surface area (Å²) in [6.07, 6.45) is 7.88. The summed E-state index contributed by atoms with van der Waals surface area (Å²) in [6.45, 7) is 2.74. The number of fused-ring (bicyclic) bond motifs is 3. The highest BCUT2D eigenvalue weighted by Crippen LogP contribution is 2.43.